The summed E-state index contributed by atoms with van der Waals surface area (Å²) in [6.07, 6.45) is 0.827. The largest absolute Gasteiger partial charge is 0.489 e. The third-order valence-electron chi connectivity index (χ3n) is 3.77. The van der Waals surface area contributed by atoms with E-state index in [4.69, 9.17) is 14.4 Å². The number of anilines is 1. The molecule has 0 amide bonds. The fourth-order valence-electron chi connectivity index (χ4n) is 2.58. The number of aromatic carboxylic acids is 1. The standard InChI is InChI=1S/C19H18FN3O6S/c1-10(2)28-16-7-5-12(9-15(16)23-30(3,26)27)18-21-17(22-29-18)11-4-6-13(19(24)25)14(20)8-11/h4-10,23H,1-3H3,(H,24,25). The van der Waals surface area contributed by atoms with Gasteiger partial charge in [0.25, 0.3) is 5.89 Å². The summed E-state index contributed by atoms with van der Waals surface area (Å²) in [6.45, 7) is 3.61. The summed E-state index contributed by atoms with van der Waals surface area (Å²) in [5, 5.41) is 12.7. The summed E-state index contributed by atoms with van der Waals surface area (Å²) >= 11 is 0. The number of carboxylic acid groups (broad SMARTS) is 1. The molecule has 2 N–H and O–H groups in total. The zero-order valence-electron chi connectivity index (χ0n) is 16.2. The molecule has 30 heavy (non-hydrogen) atoms. The van der Waals surface area contributed by atoms with Crippen LogP contribution in [0.25, 0.3) is 22.8 Å². The van der Waals surface area contributed by atoms with Crippen LogP contribution in [0.5, 0.6) is 5.75 Å². The fourth-order valence-corrected chi connectivity index (χ4v) is 3.14. The summed E-state index contributed by atoms with van der Waals surface area (Å²) in [4.78, 5) is 15.1. The highest BCUT2D eigenvalue weighted by molar-refractivity contribution is 7.92. The van der Waals surface area contributed by atoms with Gasteiger partial charge in [-0.3, -0.25) is 4.72 Å². The summed E-state index contributed by atoms with van der Waals surface area (Å²) in [5.41, 5.74) is 0.348. The maximum Gasteiger partial charge on any atom is 0.338 e. The van der Waals surface area contributed by atoms with Gasteiger partial charge in [-0.05, 0) is 50.2 Å². The Balaban J connectivity index is 1.97. The monoisotopic (exact) mass is 435 g/mol. The number of ether oxygens (including phenoxy) is 1. The van der Waals surface area contributed by atoms with Gasteiger partial charge in [0.05, 0.1) is 23.6 Å². The van der Waals surface area contributed by atoms with Gasteiger partial charge in [0.1, 0.15) is 11.6 Å². The lowest BCUT2D eigenvalue weighted by Crippen LogP contribution is -2.13. The van der Waals surface area contributed by atoms with Crippen molar-refractivity contribution in [3.63, 3.8) is 0 Å². The number of benzene rings is 2. The Morgan fingerprint density at radius 1 is 1.20 bits per heavy atom. The molecule has 1 aromatic heterocycles. The van der Waals surface area contributed by atoms with E-state index in [2.05, 4.69) is 14.9 Å². The van der Waals surface area contributed by atoms with Crippen molar-refractivity contribution in [2.24, 2.45) is 0 Å². The first kappa shape index (κ1) is 21.2. The lowest BCUT2D eigenvalue weighted by Gasteiger charge is -2.15. The fraction of sp³-hybridized carbons (Fsp3) is 0.211. The van der Waals surface area contributed by atoms with Gasteiger partial charge < -0.3 is 14.4 Å². The zero-order chi connectivity index (χ0) is 22.1. The van der Waals surface area contributed by atoms with Gasteiger partial charge in [0.15, 0.2) is 0 Å². The van der Waals surface area contributed by atoms with E-state index in [9.17, 15) is 17.6 Å². The Kier molecular flexibility index (Phi) is 5.74. The van der Waals surface area contributed by atoms with E-state index in [1.165, 1.54) is 12.1 Å². The van der Waals surface area contributed by atoms with Crippen molar-refractivity contribution in [1.29, 1.82) is 0 Å². The predicted molar refractivity (Wildman–Crippen MR) is 106 cm³/mol. The molecule has 0 atom stereocenters. The minimum Gasteiger partial charge on any atom is -0.489 e. The van der Waals surface area contributed by atoms with Crippen molar-refractivity contribution in [3.05, 3.63) is 47.8 Å². The first-order chi connectivity index (χ1) is 14.0. The Labute approximate surface area is 171 Å². The first-order valence-corrected chi connectivity index (χ1v) is 10.6. The van der Waals surface area contributed by atoms with E-state index in [1.54, 1.807) is 26.0 Å². The number of aromatic nitrogens is 2. The number of halogens is 1. The van der Waals surface area contributed by atoms with E-state index in [0.717, 1.165) is 18.4 Å². The topological polar surface area (TPSA) is 132 Å². The molecular formula is C19H18FN3O6S. The Bertz CT molecular complexity index is 1210. The molecule has 0 aliphatic rings. The van der Waals surface area contributed by atoms with Crippen molar-refractivity contribution < 1.29 is 32.0 Å². The second-order valence-corrected chi connectivity index (χ2v) is 8.42. The van der Waals surface area contributed by atoms with E-state index >= 15 is 0 Å². The van der Waals surface area contributed by atoms with Crippen molar-refractivity contribution in [3.8, 4) is 28.6 Å². The molecule has 2 aromatic carbocycles. The molecule has 0 bridgehead atoms. The maximum absolute atomic E-state index is 13.9. The maximum atomic E-state index is 13.9. The van der Waals surface area contributed by atoms with Crippen LogP contribution in [-0.2, 0) is 10.0 Å². The molecule has 1 heterocycles. The van der Waals surface area contributed by atoms with E-state index < -0.39 is 27.4 Å². The molecule has 3 aromatic rings. The highest BCUT2D eigenvalue weighted by Crippen LogP contribution is 2.32. The van der Waals surface area contributed by atoms with Gasteiger partial charge in [-0.25, -0.2) is 17.6 Å². The van der Waals surface area contributed by atoms with Gasteiger partial charge in [-0.15, -0.1) is 0 Å². The predicted octanol–water partition coefficient (Wildman–Crippen LogP) is 3.40. The number of carboxylic acids is 1. The van der Waals surface area contributed by atoms with Crippen molar-refractivity contribution in [1.82, 2.24) is 10.1 Å². The third kappa shape index (κ3) is 4.92. The van der Waals surface area contributed by atoms with Crippen molar-refractivity contribution >= 4 is 21.7 Å². The second kappa shape index (κ2) is 8.11. The minimum atomic E-state index is -3.57. The van der Waals surface area contributed by atoms with E-state index in [0.29, 0.717) is 11.3 Å². The summed E-state index contributed by atoms with van der Waals surface area (Å²) in [5.74, 6) is -1.89. The Hall–Kier alpha value is -3.47. The quantitative estimate of drug-likeness (QED) is 0.577. The molecule has 9 nitrogen and oxygen atoms in total. The Morgan fingerprint density at radius 2 is 1.90 bits per heavy atom. The smallest absolute Gasteiger partial charge is 0.338 e. The summed E-state index contributed by atoms with van der Waals surface area (Å²) in [7, 11) is -3.57. The SMILES string of the molecule is CC(C)Oc1ccc(-c2nc(-c3ccc(C(=O)O)c(F)c3)no2)cc1NS(C)(=O)=O. The molecule has 0 saturated heterocycles. The number of rotatable bonds is 7. The zero-order valence-corrected chi connectivity index (χ0v) is 17.0. The average Bonchev–Trinajstić information content (AvgIpc) is 3.11. The number of nitrogens with one attached hydrogen (secondary N) is 1. The number of sulfonamides is 1. The van der Waals surface area contributed by atoms with Crippen LogP contribution in [0.3, 0.4) is 0 Å². The van der Waals surface area contributed by atoms with Crippen LogP contribution < -0.4 is 9.46 Å². The molecule has 158 valence electrons. The average molecular weight is 435 g/mol. The number of hydrogen-bond acceptors (Lipinski definition) is 7. The molecular weight excluding hydrogens is 417 g/mol. The molecule has 0 spiro atoms. The molecule has 0 unspecified atom stereocenters. The van der Waals surface area contributed by atoms with Crippen LogP contribution in [0.2, 0.25) is 0 Å². The van der Waals surface area contributed by atoms with Crippen LogP contribution in [0.15, 0.2) is 40.9 Å². The van der Waals surface area contributed by atoms with E-state index in [1.807, 2.05) is 0 Å². The Morgan fingerprint density at radius 3 is 2.50 bits per heavy atom. The molecule has 0 aliphatic heterocycles. The molecule has 0 aliphatic carbocycles. The normalized spacial score (nSPS) is 11.5. The number of hydrogen-bond donors (Lipinski definition) is 2. The van der Waals surface area contributed by atoms with E-state index in [-0.39, 0.29) is 29.1 Å². The molecule has 0 saturated carbocycles. The van der Waals surface area contributed by atoms with Crippen LogP contribution in [0.1, 0.15) is 24.2 Å². The highest BCUT2D eigenvalue weighted by atomic mass is 32.2. The highest BCUT2D eigenvalue weighted by Gasteiger charge is 2.17. The van der Waals surface area contributed by atoms with Crippen molar-refractivity contribution in [2.45, 2.75) is 20.0 Å². The lowest BCUT2D eigenvalue weighted by molar-refractivity contribution is 0.0692. The third-order valence-corrected chi connectivity index (χ3v) is 4.36. The number of carbonyl (C=O) groups is 1. The summed E-state index contributed by atoms with van der Waals surface area (Å²) < 4.78 is 50.5. The van der Waals surface area contributed by atoms with Crippen LogP contribution in [-0.4, -0.2) is 42.0 Å². The van der Waals surface area contributed by atoms with Gasteiger partial charge >= 0.3 is 5.97 Å². The minimum absolute atomic E-state index is 0.0426. The van der Waals surface area contributed by atoms with Gasteiger partial charge in [-0.2, -0.15) is 4.98 Å². The van der Waals surface area contributed by atoms with Gasteiger partial charge in [-0.1, -0.05) is 5.16 Å². The van der Waals surface area contributed by atoms with Gasteiger partial charge in [0, 0.05) is 11.1 Å². The summed E-state index contributed by atoms with van der Waals surface area (Å²) in [6, 6.07) is 8.11. The molecule has 0 fully saturated rings. The van der Waals surface area contributed by atoms with Crippen LogP contribution in [0, 0.1) is 5.82 Å². The number of nitrogens with zero attached hydrogens (tertiary/aromatic N) is 2. The van der Waals surface area contributed by atoms with Gasteiger partial charge in [0.2, 0.25) is 15.8 Å². The molecule has 3 rings (SSSR count). The molecule has 11 heteroatoms. The van der Waals surface area contributed by atoms with Crippen molar-refractivity contribution in [2.75, 3.05) is 11.0 Å². The second-order valence-electron chi connectivity index (χ2n) is 6.67. The van der Waals surface area contributed by atoms with Crippen LogP contribution >= 0.6 is 0 Å². The lowest BCUT2D eigenvalue weighted by atomic mass is 10.1. The first-order valence-electron chi connectivity index (χ1n) is 8.69. The molecule has 0 radical (unpaired) electrons. The van der Waals surface area contributed by atoms with Crippen LogP contribution in [0.4, 0.5) is 10.1 Å².